The Morgan fingerprint density at radius 1 is 1.03 bits per heavy atom. The molecule has 2 atom stereocenters. The van der Waals surface area contributed by atoms with Gasteiger partial charge in [-0.1, -0.05) is 18.6 Å². The Kier molecular flexibility index (Phi) is 6.44. The topological polar surface area (TPSA) is 74.2 Å². The molecule has 31 heavy (non-hydrogen) atoms. The van der Waals surface area contributed by atoms with Crippen LogP contribution in [-0.4, -0.2) is 37.8 Å². The van der Waals surface area contributed by atoms with E-state index >= 15 is 0 Å². The Morgan fingerprint density at radius 3 is 2.52 bits per heavy atom. The van der Waals surface area contributed by atoms with E-state index in [4.69, 9.17) is 19.2 Å². The lowest BCUT2D eigenvalue weighted by Crippen LogP contribution is -2.39. The van der Waals surface area contributed by atoms with E-state index in [1.165, 1.54) is 6.42 Å². The highest BCUT2D eigenvalue weighted by Crippen LogP contribution is 2.48. The summed E-state index contributed by atoms with van der Waals surface area (Å²) in [5.41, 5.74) is 2.90. The summed E-state index contributed by atoms with van der Waals surface area (Å²) in [6.45, 7) is 1.87. The first-order valence-corrected chi connectivity index (χ1v) is 11.3. The fourth-order valence-corrected chi connectivity index (χ4v) is 5.23. The summed E-state index contributed by atoms with van der Waals surface area (Å²) in [5, 5.41) is 0. The molecule has 0 saturated heterocycles. The maximum atomic E-state index is 13.5. The second-order valence-corrected chi connectivity index (χ2v) is 8.63. The van der Waals surface area contributed by atoms with Crippen molar-refractivity contribution in [1.82, 2.24) is 0 Å². The molecule has 1 aliphatic heterocycles. The molecular weight excluding hydrogens is 394 g/mol. The van der Waals surface area contributed by atoms with E-state index in [2.05, 4.69) is 0 Å². The van der Waals surface area contributed by atoms with Crippen molar-refractivity contribution >= 4 is 17.5 Å². The zero-order valence-electron chi connectivity index (χ0n) is 18.6. The Morgan fingerprint density at radius 2 is 1.81 bits per heavy atom. The van der Waals surface area contributed by atoms with Gasteiger partial charge in [-0.05, 0) is 51.5 Å². The SMILES string of the molecule is COc1cccc([C@@H]2C3=C(CCCC3=O)N=C(C)C2C(=O)OC2CCCCC2)c1OC. The minimum atomic E-state index is -0.649. The average molecular weight is 426 g/mol. The number of rotatable bonds is 5. The van der Waals surface area contributed by atoms with Crippen LogP contribution in [0.2, 0.25) is 0 Å². The van der Waals surface area contributed by atoms with E-state index < -0.39 is 11.8 Å². The van der Waals surface area contributed by atoms with Gasteiger partial charge < -0.3 is 14.2 Å². The predicted molar refractivity (Wildman–Crippen MR) is 118 cm³/mol. The Balaban J connectivity index is 1.80. The maximum Gasteiger partial charge on any atom is 0.315 e. The molecule has 1 fully saturated rings. The molecule has 1 unspecified atom stereocenters. The van der Waals surface area contributed by atoms with Gasteiger partial charge in [0.15, 0.2) is 17.3 Å². The summed E-state index contributed by atoms with van der Waals surface area (Å²) >= 11 is 0. The molecule has 1 saturated carbocycles. The number of benzene rings is 1. The molecule has 0 radical (unpaired) electrons. The lowest BCUT2D eigenvalue weighted by atomic mass is 9.71. The van der Waals surface area contributed by atoms with Crippen LogP contribution in [0.1, 0.15) is 69.8 Å². The summed E-state index contributed by atoms with van der Waals surface area (Å²) in [7, 11) is 3.17. The fraction of sp³-hybridized carbons (Fsp3) is 0.560. The van der Waals surface area contributed by atoms with Crippen LogP contribution in [0, 0.1) is 5.92 Å². The van der Waals surface area contributed by atoms with Crippen LogP contribution in [0.3, 0.4) is 0 Å². The lowest BCUT2D eigenvalue weighted by molar-refractivity contribution is -0.153. The van der Waals surface area contributed by atoms with Gasteiger partial charge in [-0.3, -0.25) is 14.6 Å². The Bertz CT molecular complexity index is 926. The number of Topliss-reactive ketones (excluding diaryl/α,β-unsaturated/α-hetero) is 1. The van der Waals surface area contributed by atoms with Crippen molar-refractivity contribution in [2.45, 2.75) is 70.3 Å². The largest absolute Gasteiger partial charge is 0.493 e. The first kappa shape index (κ1) is 21.6. The smallest absolute Gasteiger partial charge is 0.315 e. The van der Waals surface area contributed by atoms with E-state index in [9.17, 15) is 9.59 Å². The number of aliphatic imine (C=N–C) groups is 1. The zero-order valence-corrected chi connectivity index (χ0v) is 18.6. The highest BCUT2D eigenvalue weighted by atomic mass is 16.5. The van der Waals surface area contributed by atoms with Gasteiger partial charge in [0, 0.05) is 34.9 Å². The molecule has 166 valence electrons. The van der Waals surface area contributed by atoms with Crippen molar-refractivity contribution in [3.05, 3.63) is 35.0 Å². The number of carbonyl (C=O) groups excluding carboxylic acids is 2. The highest BCUT2D eigenvalue weighted by Gasteiger charge is 2.45. The quantitative estimate of drug-likeness (QED) is 0.636. The maximum absolute atomic E-state index is 13.5. The van der Waals surface area contributed by atoms with Crippen LogP contribution in [0.4, 0.5) is 0 Å². The van der Waals surface area contributed by atoms with Crippen LogP contribution < -0.4 is 9.47 Å². The van der Waals surface area contributed by atoms with E-state index in [1.807, 2.05) is 25.1 Å². The third-order valence-electron chi connectivity index (χ3n) is 6.69. The van der Waals surface area contributed by atoms with Crippen LogP contribution in [0.15, 0.2) is 34.5 Å². The Labute approximate surface area is 183 Å². The van der Waals surface area contributed by atoms with E-state index in [-0.39, 0.29) is 17.9 Å². The number of ether oxygens (including phenoxy) is 3. The monoisotopic (exact) mass is 425 g/mol. The normalized spacial score (nSPS) is 24.4. The fourth-order valence-electron chi connectivity index (χ4n) is 5.23. The van der Waals surface area contributed by atoms with Crippen LogP contribution in [0.25, 0.3) is 0 Å². The molecule has 6 nitrogen and oxygen atoms in total. The van der Waals surface area contributed by atoms with Crippen LogP contribution in [-0.2, 0) is 14.3 Å². The minimum Gasteiger partial charge on any atom is -0.493 e. The van der Waals surface area contributed by atoms with Crippen molar-refractivity contribution in [3.8, 4) is 11.5 Å². The molecule has 1 aromatic rings. The average Bonchev–Trinajstić information content (AvgIpc) is 2.78. The standard InChI is InChI=1S/C25H31NO5/c1-15-21(25(28)31-16-9-5-4-6-10-16)22(23-18(26-15)12-8-13-19(23)27)17-11-7-14-20(29-2)24(17)30-3/h7,11,14,16,21-22H,4-6,8-10,12-13H2,1-3H3/t21?,22-/m0/s1. The number of allylic oxidation sites excluding steroid dienone is 2. The number of carbonyl (C=O) groups is 2. The molecule has 0 N–H and O–H groups in total. The number of hydrogen-bond donors (Lipinski definition) is 0. The highest BCUT2D eigenvalue weighted by molar-refractivity contribution is 6.09. The first-order valence-electron chi connectivity index (χ1n) is 11.3. The van der Waals surface area contributed by atoms with E-state index in [0.29, 0.717) is 29.2 Å². The zero-order chi connectivity index (χ0) is 22.0. The number of para-hydroxylation sites is 1. The second-order valence-electron chi connectivity index (χ2n) is 8.63. The molecular formula is C25H31NO5. The van der Waals surface area contributed by atoms with Gasteiger partial charge >= 0.3 is 5.97 Å². The van der Waals surface area contributed by atoms with Crippen molar-refractivity contribution in [2.75, 3.05) is 14.2 Å². The van der Waals surface area contributed by atoms with Gasteiger partial charge in [-0.15, -0.1) is 0 Å². The van der Waals surface area contributed by atoms with E-state index in [0.717, 1.165) is 49.8 Å². The van der Waals surface area contributed by atoms with Gasteiger partial charge in [-0.2, -0.15) is 0 Å². The molecule has 6 heteroatoms. The second kappa shape index (κ2) is 9.25. The molecule has 2 aliphatic carbocycles. The first-order chi connectivity index (χ1) is 15.0. The van der Waals surface area contributed by atoms with E-state index in [1.54, 1.807) is 14.2 Å². The van der Waals surface area contributed by atoms with Crippen molar-refractivity contribution in [2.24, 2.45) is 10.9 Å². The van der Waals surface area contributed by atoms with Crippen molar-refractivity contribution in [3.63, 3.8) is 0 Å². The molecule has 0 spiro atoms. The van der Waals surface area contributed by atoms with Crippen molar-refractivity contribution < 1.29 is 23.8 Å². The minimum absolute atomic E-state index is 0.0562. The molecule has 3 aliphatic rings. The molecule has 1 heterocycles. The Hall–Kier alpha value is -2.63. The third-order valence-corrected chi connectivity index (χ3v) is 6.69. The molecule has 4 rings (SSSR count). The van der Waals surface area contributed by atoms with Crippen LogP contribution in [0.5, 0.6) is 11.5 Å². The van der Waals surface area contributed by atoms with Gasteiger partial charge in [0.2, 0.25) is 0 Å². The number of esters is 1. The summed E-state index contributed by atoms with van der Waals surface area (Å²) in [5.74, 6) is -0.253. The molecule has 0 bridgehead atoms. The van der Waals surface area contributed by atoms with Gasteiger partial charge in [-0.25, -0.2) is 0 Å². The van der Waals surface area contributed by atoms with Crippen molar-refractivity contribution in [1.29, 1.82) is 0 Å². The van der Waals surface area contributed by atoms with Crippen LogP contribution >= 0.6 is 0 Å². The number of ketones is 1. The molecule has 0 aromatic heterocycles. The van der Waals surface area contributed by atoms with Gasteiger partial charge in [0.05, 0.1) is 14.2 Å². The summed E-state index contributed by atoms with van der Waals surface area (Å²) in [6.07, 6.45) is 7.09. The molecule has 0 amide bonds. The predicted octanol–water partition coefficient (Wildman–Crippen LogP) is 4.76. The molecule has 1 aromatic carbocycles. The summed E-state index contributed by atoms with van der Waals surface area (Å²) in [4.78, 5) is 31.3. The third kappa shape index (κ3) is 4.12. The summed E-state index contributed by atoms with van der Waals surface area (Å²) in [6, 6.07) is 5.60. The number of nitrogens with zero attached hydrogens (tertiary/aromatic N) is 1. The number of hydrogen-bond acceptors (Lipinski definition) is 6. The lowest BCUT2D eigenvalue weighted by Gasteiger charge is -2.36. The summed E-state index contributed by atoms with van der Waals surface area (Å²) < 4.78 is 17.2. The van der Waals surface area contributed by atoms with Gasteiger partial charge in [0.25, 0.3) is 0 Å². The van der Waals surface area contributed by atoms with Gasteiger partial charge in [0.1, 0.15) is 12.0 Å². The number of methoxy groups -OCH3 is 2.